The highest BCUT2D eigenvalue weighted by Crippen LogP contribution is 2.23. The number of aromatic nitrogens is 1. The van der Waals surface area contributed by atoms with Crippen LogP contribution in [-0.4, -0.2) is 214 Å². The number of hydrogen-bond donors (Lipinski definition) is 19. The smallest absolute Gasteiger partial charge is 0.326 e. The Balaban J connectivity index is 1.47. The molecule has 9 atom stereocenters. The number of rotatable bonds is 38. The number of aromatic amines is 1. The number of aliphatic imine (C=N–C) groups is 2. The summed E-state index contributed by atoms with van der Waals surface area (Å²) in [6, 6.07) is -5.61. The minimum atomic E-state index is -1.92. The van der Waals surface area contributed by atoms with Crippen LogP contribution in [0.15, 0.2) is 40.4 Å². The lowest BCUT2D eigenvalue weighted by molar-refractivity contribution is -0.143. The van der Waals surface area contributed by atoms with Crippen LogP contribution in [0, 0.1) is 0 Å². The molecule has 0 unspecified atom stereocenters. The zero-order chi connectivity index (χ0) is 64.2. The first-order chi connectivity index (χ1) is 41.4. The number of carboxylic acids is 3. The normalized spacial score (nSPS) is 16.9. The molecular weight excluding hydrogens is 1140 g/mol. The largest absolute Gasteiger partial charge is 0.481 e. The zero-order valence-electron chi connectivity index (χ0n) is 48.1. The van der Waals surface area contributed by atoms with Gasteiger partial charge in [0.25, 0.3) is 0 Å². The number of carbonyl (C=O) groups excluding carboxylic acids is 9. The lowest BCUT2D eigenvalue weighted by atomic mass is 10.0. The molecule has 0 saturated carbocycles. The first kappa shape index (κ1) is 70.3. The third-order valence-electron chi connectivity index (χ3n) is 14.2. The molecule has 4 rings (SSSR count). The second kappa shape index (κ2) is 36.0. The van der Waals surface area contributed by atoms with Crippen LogP contribution < -0.4 is 76.5 Å². The number of carbonyl (C=O) groups is 12. The van der Waals surface area contributed by atoms with Crippen molar-refractivity contribution in [3.63, 3.8) is 0 Å². The fourth-order valence-corrected chi connectivity index (χ4v) is 9.71. The summed E-state index contributed by atoms with van der Waals surface area (Å²) in [5, 5.41) is 62.4. The van der Waals surface area contributed by atoms with Crippen molar-refractivity contribution >= 4 is 93.9 Å². The molecule has 2 saturated heterocycles. The Labute approximate surface area is 499 Å². The summed E-state index contributed by atoms with van der Waals surface area (Å²) in [5.74, 6) is -13.1. The number of likely N-dealkylation sites (tertiary alicyclic amines) is 1. The fourth-order valence-electron chi connectivity index (χ4n) is 9.71. The molecule has 24 N–H and O–H groups in total. The lowest BCUT2D eigenvalue weighted by Gasteiger charge is -2.30. The summed E-state index contributed by atoms with van der Waals surface area (Å²) < 4.78 is 0. The predicted molar refractivity (Wildman–Crippen MR) is 311 cm³/mol. The van der Waals surface area contributed by atoms with Crippen LogP contribution in [0.25, 0.3) is 10.9 Å². The molecular formula is C53H82N18O16. The molecule has 0 spiro atoms. The van der Waals surface area contributed by atoms with E-state index < -0.39 is 151 Å². The molecule has 87 heavy (non-hydrogen) atoms. The number of aliphatic hydroxyl groups is 1. The number of fused-ring (bicyclic) bond motifs is 1. The molecule has 0 bridgehead atoms. The van der Waals surface area contributed by atoms with E-state index in [1.807, 2.05) is 0 Å². The van der Waals surface area contributed by atoms with Crippen LogP contribution in [0.1, 0.15) is 95.5 Å². The highest BCUT2D eigenvalue weighted by atomic mass is 16.4. The van der Waals surface area contributed by atoms with Gasteiger partial charge < -0.3 is 107 Å². The topological polar surface area (TPSA) is 568 Å². The lowest BCUT2D eigenvalue weighted by Crippen LogP contribution is -2.60. The van der Waals surface area contributed by atoms with Gasteiger partial charge in [-0.3, -0.25) is 62.7 Å². The first-order valence-electron chi connectivity index (χ1n) is 28.5. The van der Waals surface area contributed by atoms with E-state index in [2.05, 4.69) is 62.8 Å². The van der Waals surface area contributed by atoms with Crippen molar-refractivity contribution in [2.75, 3.05) is 45.9 Å². The highest BCUT2D eigenvalue weighted by molar-refractivity contribution is 5.99. The number of nitrogens with one attached hydrogen (secondary N) is 10. The fraction of sp³-hybridized carbons (Fsp3) is 0.585. The maximum atomic E-state index is 14.6. The SMILES string of the molecule is NCCCC[C@H](NC(=O)[C@H](CC(=O)O)NC(=O)[C@H](CCCN=C(N)N)NC(=O)[C@H](CO)NC(=O)CNC(=O)[C@@H]1CCCN1C(=O)[C@H](Cc1c[nH]c2ccccc12)NC(=O)[C@H](CCC(=O)O)NC(=O)[C@@H]1CCCN1)C(=O)N[C@@H](CCCN=C(N)N)C(=O)O. The van der Waals surface area contributed by atoms with Crippen molar-refractivity contribution in [3.8, 4) is 0 Å². The number of guanidine groups is 2. The Morgan fingerprint density at radius 2 is 1.18 bits per heavy atom. The third-order valence-corrected chi connectivity index (χ3v) is 14.2. The number of unbranched alkanes of at least 4 members (excludes halogenated alkanes) is 1. The molecule has 34 heteroatoms. The highest BCUT2D eigenvalue weighted by Gasteiger charge is 2.40. The number of amides is 9. The van der Waals surface area contributed by atoms with Crippen LogP contribution in [0.2, 0.25) is 0 Å². The first-order valence-corrected chi connectivity index (χ1v) is 28.5. The van der Waals surface area contributed by atoms with Crippen LogP contribution in [0.5, 0.6) is 0 Å². The summed E-state index contributed by atoms with van der Waals surface area (Å²) in [6.07, 6.45) is 1.55. The molecule has 34 nitrogen and oxygen atoms in total. The number of benzene rings is 1. The van der Waals surface area contributed by atoms with Gasteiger partial charge in [-0.1, -0.05) is 18.2 Å². The summed E-state index contributed by atoms with van der Waals surface area (Å²) in [6.45, 7) is -1.14. The minimum Gasteiger partial charge on any atom is -0.481 e. The number of H-pyrrole nitrogens is 1. The van der Waals surface area contributed by atoms with Gasteiger partial charge in [-0.2, -0.15) is 0 Å². The number of aliphatic hydroxyl groups excluding tert-OH is 1. The van der Waals surface area contributed by atoms with Crippen molar-refractivity contribution < 1.29 is 78.0 Å². The second-order valence-corrected chi connectivity index (χ2v) is 20.8. The molecule has 2 aromatic rings. The summed E-state index contributed by atoms with van der Waals surface area (Å²) in [5.41, 5.74) is 28.5. The van der Waals surface area contributed by atoms with E-state index in [1.54, 1.807) is 30.5 Å². The Kier molecular flexibility index (Phi) is 29.1. The van der Waals surface area contributed by atoms with Crippen LogP contribution >= 0.6 is 0 Å². The van der Waals surface area contributed by atoms with Crippen molar-refractivity contribution in [2.45, 2.75) is 151 Å². The number of para-hydroxylation sites is 1. The quantitative estimate of drug-likeness (QED) is 0.0169. The molecule has 9 amide bonds. The number of nitrogens with two attached hydrogens (primary N) is 5. The minimum absolute atomic E-state index is 0.0189. The van der Waals surface area contributed by atoms with Crippen molar-refractivity contribution in [1.82, 2.24) is 57.7 Å². The van der Waals surface area contributed by atoms with Crippen molar-refractivity contribution in [1.29, 1.82) is 0 Å². The van der Waals surface area contributed by atoms with E-state index >= 15 is 0 Å². The third kappa shape index (κ3) is 23.7. The van der Waals surface area contributed by atoms with Gasteiger partial charge in [-0.25, -0.2) is 4.79 Å². The average molecular weight is 1230 g/mol. The van der Waals surface area contributed by atoms with E-state index in [9.17, 15) is 78.0 Å². The molecule has 3 heterocycles. The Morgan fingerprint density at radius 1 is 0.621 bits per heavy atom. The standard InChI is InChI=1S/C53H82N18O16/c54-18-4-3-11-32(44(79)68-35(51(86)87)14-7-21-61-53(57)58)65-47(82)36(24-42(76)77)69-45(80)33(13-6-20-60-52(55)56)66-48(83)38(27-72)64-40(73)26-63-49(84)39-15-8-22-71(39)50(85)37(23-28-25-62-30-10-2-1-9-29(28)30)70-46(81)34(16-17-41(74)75)67-43(78)31-12-5-19-59-31/h1-2,9-10,25,31-39,59,62,72H,3-8,11-24,26-27,54H2,(H,63,84)(H,64,73)(H,65,82)(H,66,83)(H,67,78)(H,68,79)(H,69,80)(H,70,81)(H,74,75)(H,76,77)(H,86,87)(H4,55,56,60)(H4,57,58,61)/t31-,32-,33-,34-,35-,36-,37-,38-,39-/m0/s1. The summed E-state index contributed by atoms with van der Waals surface area (Å²) in [7, 11) is 0. The van der Waals surface area contributed by atoms with Gasteiger partial charge in [0.15, 0.2) is 11.9 Å². The molecule has 0 radical (unpaired) electrons. The predicted octanol–water partition coefficient (Wildman–Crippen LogP) is -6.38. The Bertz CT molecular complexity index is 2800. The average Bonchev–Trinajstić information content (AvgIpc) is 2.87. The molecule has 2 fully saturated rings. The van der Waals surface area contributed by atoms with Gasteiger partial charge in [0, 0.05) is 49.6 Å². The van der Waals surface area contributed by atoms with Crippen LogP contribution in [-0.2, 0) is 64.0 Å². The van der Waals surface area contributed by atoms with E-state index in [0.29, 0.717) is 37.8 Å². The van der Waals surface area contributed by atoms with Gasteiger partial charge in [-0.15, -0.1) is 0 Å². The number of hydrogen-bond acceptors (Lipinski definition) is 17. The molecule has 480 valence electrons. The maximum Gasteiger partial charge on any atom is 0.326 e. The summed E-state index contributed by atoms with van der Waals surface area (Å²) >= 11 is 0. The number of nitrogens with zero attached hydrogens (tertiary/aromatic N) is 3. The molecule has 1 aromatic carbocycles. The van der Waals surface area contributed by atoms with E-state index in [0.717, 1.165) is 10.9 Å². The van der Waals surface area contributed by atoms with Gasteiger partial charge in [0.2, 0.25) is 53.2 Å². The molecule has 0 aliphatic carbocycles. The Hall–Kier alpha value is -9.18. The maximum absolute atomic E-state index is 14.6. The van der Waals surface area contributed by atoms with E-state index in [-0.39, 0.29) is 95.9 Å². The van der Waals surface area contributed by atoms with Gasteiger partial charge in [0.05, 0.1) is 25.6 Å². The molecule has 1 aromatic heterocycles. The molecule has 2 aliphatic heterocycles. The summed E-state index contributed by atoms with van der Waals surface area (Å²) in [4.78, 5) is 172. The van der Waals surface area contributed by atoms with E-state index in [1.165, 1.54) is 4.90 Å². The van der Waals surface area contributed by atoms with Crippen molar-refractivity contribution in [3.05, 3.63) is 36.0 Å². The molecule has 2 aliphatic rings. The van der Waals surface area contributed by atoms with Crippen LogP contribution in [0.4, 0.5) is 0 Å². The Morgan fingerprint density at radius 3 is 1.76 bits per heavy atom. The second-order valence-electron chi connectivity index (χ2n) is 20.8. The van der Waals surface area contributed by atoms with Gasteiger partial charge >= 0.3 is 17.9 Å². The van der Waals surface area contributed by atoms with Gasteiger partial charge in [-0.05, 0) is 102 Å². The van der Waals surface area contributed by atoms with Crippen molar-refractivity contribution in [2.24, 2.45) is 38.7 Å². The van der Waals surface area contributed by atoms with Gasteiger partial charge in [0.1, 0.15) is 48.3 Å². The van der Waals surface area contributed by atoms with E-state index in [4.69, 9.17) is 28.7 Å². The van der Waals surface area contributed by atoms with Crippen LogP contribution in [0.3, 0.4) is 0 Å². The monoisotopic (exact) mass is 1230 g/mol. The zero-order valence-corrected chi connectivity index (χ0v) is 48.1. The number of aliphatic carboxylic acids is 3. The number of carboxylic acid groups (broad SMARTS) is 3.